The Morgan fingerprint density at radius 1 is 1.14 bits per heavy atom. The van der Waals surface area contributed by atoms with Crippen molar-refractivity contribution >= 4 is 34.1 Å². The van der Waals surface area contributed by atoms with Gasteiger partial charge in [-0.3, -0.25) is 0 Å². The maximum atomic E-state index is 6.59. The van der Waals surface area contributed by atoms with Crippen molar-refractivity contribution in [3.8, 4) is 17.2 Å². The summed E-state index contributed by atoms with van der Waals surface area (Å²) < 4.78 is 19.0. The van der Waals surface area contributed by atoms with Crippen molar-refractivity contribution in [3.05, 3.63) is 51.6 Å². The molecule has 2 aromatic carbocycles. The van der Waals surface area contributed by atoms with E-state index < -0.39 is 0 Å². The number of nitrogens with zero attached hydrogens (tertiary/aromatic N) is 1. The van der Waals surface area contributed by atoms with Gasteiger partial charge in [0, 0.05) is 17.1 Å². The van der Waals surface area contributed by atoms with E-state index in [9.17, 15) is 0 Å². The first-order chi connectivity index (χ1) is 14.1. The third-order valence-electron chi connectivity index (χ3n) is 5.24. The molecule has 2 heterocycles. The van der Waals surface area contributed by atoms with Crippen LogP contribution in [0.4, 0.5) is 0 Å². The molecule has 0 radical (unpaired) electrons. The lowest BCUT2D eigenvalue weighted by atomic mass is 10.1. The third kappa shape index (κ3) is 4.00. The van der Waals surface area contributed by atoms with Crippen LogP contribution in [0.2, 0.25) is 10.0 Å². The fraction of sp³-hybridized carbons (Fsp3) is 0.364. The van der Waals surface area contributed by atoms with Crippen molar-refractivity contribution < 1.29 is 14.2 Å². The zero-order valence-corrected chi connectivity index (χ0v) is 18.1. The minimum absolute atomic E-state index is 0.256. The van der Waals surface area contributed by atoms with Crippen LogP contribution in [0.1, 0.15) is 18.2 Å². The summed E-state index contributed by atoms with van der Waals surface area (Å²) in [5, 5.41) is 5.63. The number of nitrogens with one attached hydrogen (secondary N) is 1. The SMILES string of the molecule is CCNCCc1c(C)n(CCOc2ccc3c(c2)OCO3)c2ccc(Cl)c(Cl)c12. The largest absolute Gasteiger partial charge is 0.492 e. The van der Waals surface area contributed by atoms with E-state index in [0.29, 0.717) is 23.2 Å². The highest BCUT2D eigenvalue weighted by molar-refractivity contribution is 6.45. The van der Waals surface area contributed by atoms with E-state index in [1.165, 1.54) is 11.3 Å². The topological polar surface area (TPSA) is 44.7 Å². The molecule has 0 fully saturated rings. The van der Waals surface area contributed by atoms with Crippen LogP contribution in [0, 0.1) is 6.92 Å². The van der Waals surface area contributed by atoms with Gasteiger partial charge in [-0.15, -0.1) is 0 Å². The van der Waals surface area contributed by atoms with Crippen LogP contribution in [0.3, 0.4) is 0 Å². The Labute approximate surface area is 180 Å². The summed E-state index contributed by atoms with van der Waals surface area (Å²) in [4.78, 5) is 0. The fourth-order valence-corrected chi connectivity index (χ4v) is 4.21. The highest BCUT2D eigenvalue weighted by atomic mass is 35.5. The van der Waals surface area contributed by atoms with Gasteiger partial charge < -0.3 is 24.1 Å². The van der Waals surface area contributed by atoms with Crippen LogP contribution in [-0.4, -0.2) is 31.1 Å². The summed E-state index contributed by atoms with van der Waals surface area (Å²) >= 11 is 12.9. The van der Waals surface area contributed by atoms with Gasteiger partial charge in [0.25, 0.3) is 0 Å². The van der Waals surface area contributed by atoms with E-state index in [1.807, 2.05) is 30.3 Å². The van der Waals surface area contributed by atoms with Crippen LogP contribution in [0.25, 0.3) is 10.9 Å². The molecule has 29 heavy (non-hydrogen) atoms. The minimum atomic E-state index is 0.256. The van der Waals surface area contributed by atoms with Gasteiger partial charge in [-0.25, -0.2) is 0 Å². The lowest BCUT2D eigenvalue weighted by Crippen LogP contribution is -2.16. The summed E-state index contributed by atoms with van der Waals surface area (Å²) in [6, 6.07) is 9.52. The number of benzene rings is 2. The highest BCUT2D eigenvalue weighted by Crippen LogP contribution is 2.37. The smallest absolute Gasteiger partial charge is 0.231 e. The van der Waals surface area contributed by atoms with Gasteiger partial charge in [-0.05, 0) is 56.3 Å². The van der Waals surface area contributed by atoms with Crippen LogP contribution in [0.5, 0.6) is 17.2 Å². The van der Waals surface area contributed by atoms with Gasteiger partial charge in [0.1, 0.15) is 12.4 Å². The summed E-state index contributed by atoms with van der Waals surface area (Å²) in [6.45, 7) is 7.56. The van der Waals surface area contributed by atoms with Crippen LogP contribution in [-0.2, 0) is 13.0 Å². The average molecular weight is 435 g/mol. The summed E-state index contributed by atoms with van der Waals surface area (Å²) in [5.74, 6) is 2.23. The van der Waals surface area contributed by atoms with Crippen molar-refractivity contribution in [2.75, 3.05) is 26.5 Å². The standard InChI is InChI=1S/C22H24Cl2N2O3/c1-3-25-9-8-16-14(2)26(18-6-5-17(23)22(24)21(16)18)10-11-27-15-4-7-19-20(12-15)29-13-28-19/h4-7,12,25H,3,8-11,13H2,1-2H3. The molecular weight excluding hydrogens is 411 g/mol. The molecule has 0 spiro atoms. The van der Waals surface area contributed by atoms with Crippen molar-refractivity contribution in [3.63, 3.8) is 0 Å². The molecule has 7 heteroatoms. The Morgan fingerprint density at radius 3 is 2.79 bits per heavy atom. The van der Waals surface area contributed by atoms with Gasteiger partial charge in [0.15, 0.2) is 11.5 Å². The zero-order valence-electron chi connectivity index (χ0n) is 16.6. The molecule has 0 amide bonds. The van der Waals surface area contributed by atoms with Crippen molar-refractivity contribution in [1.82, 2.24) is 9.88 Å². The number of hydrogen-bond donors (Lipinski definition) is 1. The summed E-state index contributed by atoms with van der Waals surface area (Å²) in [6.07, 6.45) is 0.895. The molecule has 1 aliphatic rings. The normalized spacial score (nSPS) is 12.7. The van der Waals surface area contributed by atoms with Crippen molar-refractivity contribution in [2.45, 2.75) is 26.8 Å². The molecule has 0 saturated heterocycles. The Kier molecular flexibility index (Phi) is 6.09. The second-order valence-corrected chi connectivity index (χ2v) is 7.72. The Hall–Kier alpha value is -2.08. The van der Waals surface area contributed by atoms with Gasteiger partial charge in [-0.1, -0.05) is 30.1 Å². The molecule has 1 aromatic heterocycles. The molecule has 0 bridgehead atoms. The van der Waals surface area contributed by atoms with Gasteiger partial charge in [-0.2, -0.15) is 0 Å². The second kappa shape index (κ2) is 8.74. The quantitative estimate of drug-likeness (QED) is 0.493. The number of likely N-dealkylation sites (N-methyl/N-ethyl adjacent to an activating group) is 1. The molecule has 1 N–H and O–H groups in total. The van der Waals surface area contributed by atoms with E-state index in [-0.39, 0.29) is 6.79 Å². The van der Waals surface area contributed by atoms with Crippen molar-refractivity contribution in [2.24, 2.45) is 0 Å². The maximum Gasteiger partial charge on any atom is 0.231 e. The minimum Gasteiger partial charge on any atom is -0.492 e. The Balaban J connectivity index is 1.56. The van der Waals surface area contributed by atoms with E-state index in [1.54, 1.807) is 0 Å². The molecule has 5 nitrogen and oxygen atoms in total. The molecule has 0 aliphatic carbocycles. The van der Waals surface area contributed by atoms with Crippen molar-refractivity contribution in [1.29, 1.82) is 0 Å². The zero-order chi connectivity index (χ0) is 20.4. The Morgan fingerprint density at radius 2 is 1.97 bits per heavy atom. The first-order valence-electron chi connectivity index (χ1n) is 9.79. The molecule has 0 atom stereocenters. The molecular formula is C22H24Cl2N2O3. The monoisotopic (exact) mass is 434 g/mol. The molecule has 0 saturated carbocycles. The fourth-order valence-electron chi connectivity index (χ4n) is 3.78. The molecule has 154 valence electrons. The number of fused-ring (bicyclic) bond motifs is 2. The molecule has 1 aliphatic heterocycles. The first-order valence-corrected chi connectivity index (χ1v) is 10.5. The van der Waals surface area contributed by atoms with Gasteiger partial charge >= 0.3 is 0 Å². The van der Waals surface area contributed by atoms with Crippen LogP contribution < -0.4 is 19.5 Å². The number of hydrogen-bond acceptors (Lipinski definition) is 4. The van der Waals surface area contributed by atoms with E-state index >= 15 is 0 Å². The molecule has 0 unspecified atom stereocenters. The molecule has 3 aromatic rings. The second-order valence-electron chi connectivity index (χ2n) is 6.94. The molecule has 4 rings (SSSR count). The highest BCUT2D eigenvalue weighted by Gasteiger charge is 2.18. The van der Waals surface area contributed by atoms with Crippen LogP contribution in [0.15, 0.2) is 30.3 Å². The number of aromatic nitrogens is 1. The lowest BCUT2D eigenvalue weighted by Gasteiger charge is -2.11. The van der Waals surface area contributed by atoms with E-state index in [4.69, 9.17) is 37.4 Å². The lowest BCUT2D eigenvalue weighted by molar-refractivity contribution is 0.173. The predicted octanol–water partition coefficient (Wildman–Crippen LogP) is 5.22. The van der Waals surface area contributed by atoms with Crippen LogP contribution >= 0.6 is 23.2 Å². The summed E-state index contributed by atoms with van der Waals surface area (Å²) in [5.41, 5.74) is 3.51. The predicted molar refractivity (Wildman–Crippen MR) is 117 cm³/mol. The number of ether oxygens (including phenoxy) is 3. The summed E-state index contributed by atoms with van der Waals surface area (Å²) in [7, 11) is 0. The number of halogens is 2. The maximum absolute atomic E-state index is 6.59. The third-order valence-corrected chi connectivity index (χ3v) is 6.04. The Bertz CT molecular complexity index is 1030. The van der Waals surface area contributed by atoms with Gasteiger partial charge in [0.05, 0.1) is 22.1 Å². The average Bonchev–Trinajstić information content (AvgIpc) is 3.28. The number of rotatable bonds is 8. The van der Waals surface area contributed by atoms with E-state index in [2.05, 4.69) is 23.7 Å². The van der Waals surface area contributed by atoms with E-state index in [0.717, 1.165) is 47.7 Å². The first kappa shape index (κ1) is 20.2. The van der Waals surface area contributed by atoms with Gasteiger partial charge in [0.2, 0.25) is 6.79 Å².